The van der Waals surface area contributed by atoms with Crippen LogP contribution in [0.4, 0.5) is 5.95 Å². The second-order valence-corrected chi connectivity index (χ2v) is 5.74. The molecule has 0 radical (unpaired) electrons. The standard InChI is InChI=1S/C18H30N4/c1-4-7-15-22-17-12-9-8-11-16(17)20-18(22)19-13-10-14-21(5-2)6-3/h8-9,11-12H,4-7,10,13-15H2,1-3H3,(H,19,20). The van der Waals surface area contributed by atoms with Crippen molar-refractivity contribution in [3.63, 3.8) is 0 Å². The number of para-hydroxylation sites is 2. The number of nitrogens with zero attached hydrogens (tertiary/aromatic N) is 3. The zero-order valence-corrected chi connectivity index (χ0v) is 14.3. The van der Waals surface area contributed by atoms with E-state index in [9.17, 15) is 0 Å². The largest absolute Gasteiger partial charge is 0.356 e. The third-order valence-electron chi connectivity index (χ3n) is 4.22. The fourth-order valence-corrected chi connectivity index (χ4v) is 2.80. The fourth-order valence-electron chi connectivity index (χ4n) is 2.80. The van der Waals surface area contributed by atoms with Gasteiger partial charge < -0.3 is 14.8 Å². The summed E-state index contributed by atoms with van der Waals surface area (Å²) >= 11 is 0. The van der Waals surface area contributed by atoms with Crippen molar-refractivity contribution in [3.05, 3.63) is 24.3 Å². The molecule has 0 aliphatic carbocycles. The van der Waals surface area contributed by atoms with E-state index in [1.54, 1.807) is 0 Å². The number of hydrogen-bond acceptors (Lipinski definition) is 3. The maximum absolute atomic E-state index is 4.76. The number of nitrogens with one attached hydrogen (secondary N) is 1. The van der Waals surface area contributed by atoms with Gasteiger partial charge in [-0.05, 0) is 44.6 Å². The van der Waals surface area contributed by atoms with E-state index in [0.717, 1.165) is 50.6 Å². The molecule has 1 heterocycles. The van der Waals surface area contributed by atoms with E-state index in [4.69, 9.17) is 4.98 Å². The molecule has 0 saturated carbocycles. The van der Waals surface area contributed by atoms with Crippen molar-refractivity contribution in [1.82, 2.24) is 14.5 Å². The lowest BCUT2D eigenvalue weighted by atomic mass is 10.3. The van der Waals surface area contributed by atoms with Gasteiger partial charge in [-0.1, -0.05) is 39.3 Å². The Morgan fingerprint density at radius 3 is 2.59 bits per heavy atom. The quantitative estimate of drug-likeness (QED) is 0.674. The highest BCUT2D eigenvalue weighted by molar-refractivity contribution is 5.78. The highest BCUT2D eigenvalue weighted by Crippen LogP contribution is 2.20. The summed E-state index contributed by atoms with van der Waals surface area (Å²) in [7, 11) is 0. The van der Waals surface area contributed by atoms with Gasteiger partial charge in [-0.2, -0.15) is 0 Å². The number of imidazole rings is 1. The van der Waals surface area contributed by atoms with Crippen molar-refractivity contribution in [2.75, 3.05) is 31.5 Å². The van der Waals surface area contributed by atoms with Crippen LogP contribution in [0.2, 0.25) is 0 Å². The van der Waals surface area contributed by atoms with Gasteiger partial charge in [0, 0.05) is 13.1 Å². The molecule has 22 heavy (non-hydrogen) atoms. The van der Waals surface area contributed by atoms with Gasteiger partial charge in [0.15, 0.2) is 0 Å². The first-order valence-electron chi connectivity index (χ1n) is 8.71. The van der Waals surface area contributed by atoms with Gasteiger partial charge in [0.25, 0.3) is 0 Å². The molecule has 4 nitrogen and oxygen atoms in total. The Morgan fingerprint density at radius 2 is 1.86 bits per heavy atom. The Morgan fingerprint density at radius 1 is 1.09 bits per heavy atom. The second kappa shape index (κ2) is 8.79. The Hall–Kier alpha value is -1.55. The van der Waals surface area contributed by atoms with Gasteiger partial charge in [0.2, 0.25) is 5.95 Å². The first-order valence-corrected chi connectivity index (χ1v) is 8.71. The van der Waals surface area contributed by atoms with Crippen LogP contribution in [0.5, 0.6) is 0 Å². The molecule has 0 bridgehead atoms. The molecule has 1 aromatic carbocycles. The lowest BCUT2D eigenvalue weighted by Crippen LogP contribution is -2.25. The SMILES string of the molecule is CCCCn1c(NCCCN(CC)CC)nc2ccccc21. The maximum Gasteiger partial charge on any atom is 0.203 e. The van der Waals surface area contributed by atoms with Crippen LogP contribution in [-0.2, 0) is 6.54 Å². The van der Waals surface area contributed by atoms with Crippen LogP contribution in [-0.4, -0.2) is 40.6 Å². The minimum atomic E-state index is 0.978. The molecule has 2 rings (SSSR count). The van der Waals surface area contributed by atoms with E-state index in [1.165, 1.54) is 18.4 Å². The number of rotatable bonds is 10. The maximum atomic E-state index is 4.76. The summed E-state index contributed by atoms with van der Waals surface area (Å²) in [5.41, 5.74) is 2.33. The number of anilines is 1. The van der Waals surface area contributed by atoms with Crippen molar-refractivity contribution in [3.8, 4) is 0 Å². The smallest absolute Gasteiger partial charge is 0.203 e. The zero-order valence-electron chi connectivity index (χ0n) is 14.3. The first-order chi connectivity index (χ1) is 10.8. The number of unbranched alkanes of at least 4 members (excludes halogenated alkanes) is 1. The zero-order chi connectivity index (χ0) is 15.8. The molecule has 0 fully saturated rings. The summed E-state index contributed by atoms with van der Waals surface area (Å²) in [5, 5.41) is 3.54. The molecule has 0 amide bonds. The topological polar surface area (TPSA) is 33.1 Å². The first kappa shape index (κ1) is 16.8. The van der Waals surface area contributed by atoms with Crippen LogP contribution in [0.1, 0.15) is 40.0 Å². The summed E-state index contributed by atoms with van der Waals surface area (Å²) in [6, 6.07) is 8.41. The molecule has 0 spiro atoms. The lowest BCUT2D eigenvalue weighted by molar-refractivity contribution is 0.303. The fraction of sp³-hybridized carbons (Fsp3) is 0.611. The van der Waals surface area contributed by atoms with Gasteiger partial charge in [0.05, 0.1) is 11.0 Å². The number of fused-ring (bicyclic) bond motifs is 1. The van der Waals surface area contributed by atoms with E-state index in [2.05, 4.69) is 59.8 Å². The van der Waals surface area contributed by atoms with Crippen molar-refractivity contribution in [1.29, 1.82) is 0 Å². The molecule has 1 aromatic heterocycles. The van der Waals surface area contributed by atoms with Crippen LogP contribution < -0.4 is 5.32 Å². The third-order valence-corrected chi connectivity index (χ3v) is 4.22. The number of aryl methyl sites for hydroxylation is 1. The van der Waals surface area contributed by atoms with Gasteiger partial charge in [0.1, 0.15) is 0 Å². The van der Waals surface area contributed by atoms with Crippen molar-refractivity contribution < 1.29 is 0 Å². The van der Waals surface area contributed by atoms with Gasteiger partial charge in [-0.3, -0.25) is 0 Å². The Kier molecular flexibility index (Phi) is 6.72. The summed E-state index contributed by atoms with van der Waals surface area (Å²) in [4.78, 5) is 7.22. The highest BCUT2D eigenvalue weighted by atomic mass is 15.2. The molecule has 0 aliphatic rings. The molecule has 4 heteroatoms. The molecule has 0 atom stereocenters. The summed E-state index contributed by atoms with van der Waals surface area (Å²) in [5.74, 6) is 1.02. The molecular formula is C18H30N4. The highest BCUT2D eigenvalue weighted by Gasteiger charge is 2.09. The molecule has 2 aromatic rings. The molecule has 0 saturated heterocycles. The Balaban J connectivity index is 2.00. The second-order valence-electron chi connectivity index (χ2n) is 5.74. The number of benzene rings is 1. The Labute approximate surface area is 134 Å². The van der Waals surface area contributed by atoms with Gasteiger partial charge in [-0.25, -0.2) is 4.98 Å². The van der Waals surface area contributed by atoms with E-state index in [0.29, 0.717) is 0 Å². The van der Waals surface area contributed by atoms with Gasteiger partial charge >= 0.3 is 0 Å². The third kappa shape index (κ3) is 4.23. The molecular weight excluding hydrogens is 272 g/mol. The molecule has 0 aliphatic heterocycles. The molecule has 0 unspecified atom stereocenters. The summed E-state index contributed by atoms with van der Waals surface area (Å²) in [6.45, 7) is 12.1. The van der Waals surface area contributed by atoms with E-state index in [1.807, 2.05) is 0 Å². The Bertz CT molecular complexity index is 557. The normalized spacial score (nSPS) is 11.5. The van der Waals surface area contributed by atoms with Crippen LogP contribution in [0, 0.1) is 0 Å². The van der Waals surface area contributed by atoms with Crippen molar-refractivity contribution >= 4 is 17.0 Å². The summed E-state index contributed by atoms with van der Waals surface area (Å²) in [6.07, 6.45) is 3.54. The van der Waals surface area contributed by atoms with Crippen LogP contribution >= 0.6 is 0 Å². The van der Waals surface area contributed by atoms with Gasteiger partial charge in [-0.15, -0.1) is 0 Å². The van der Waals surface area contributed by atoms with E-state index >= 15 is 0 Å². The van der Waals surface area contributed by atoms with Crippen molar-refractivity contribution in [2.45, 2.75) is 46.6 Å². The minimum absolute atomic E-state index is 0.978. The number of aromatic nitrogens is 2. The van der Waals surface area contributed by atoms with E-state index < -0.39 is 0 Å². The average molecular weight is 302 g/mol. The lowest BCUT2D eigenvalue weighted by Gasteiger charge is -2.18. The van der Waals surface area contributed by atoms with Crippen LogP contribution in [0.25, 0.3) is 11.0 Å². The average Bonchev–Trinajstić information content (AvgIpc) is 2.90. The predicted octanol–water partition coefficient (Wildman–Crippen LogP) is 3.98. The van der Waals surface area contributed by atoms with E-state index in [-0.39, 0.29) is 0 Å². The van der Waals surface area contributed by atoms with Crippen molar-refractivity contribution in [2.24, 2.45) is 0 Å². The molecule has 1 N–H and O–H groups in total. The number of hydrogen-bond donors (Lipinski definition) is 1. The summed E-state index contributed by atoms with van der Waals surface area (Å²) < 4.78 is 2.33. The predicted molar refractivity (Wildman–Crippen MR) is 95.5 cm³/mol. The van der Waals surface area contributed by atoms with Crippen LogP contribution in [0.15, 0.2) is 24.3 Å². The molecule has 122 valence electrons. The minimum Gasteiger partial charge on any atom is -0.356 e. The van der Waals surface area contributed by atoms with Crippen LogP contribution in [0.3, 0.4) is 0 Å². The monoisotopic (exact) mass is 302 g/mol.